The van der Waals surface area contributed by atoms with Crippen LogP contribution in [0.4, 0.5) is 0 Å². The average molecular weight is 248 g/mol. The van der Waals surface area contributed by atoms with Gasteiger partial charge in [0, 0.05) is 24.6 Å². The third-order valence-corrected chi connectivity index (χ3v) is 2.97. The maximum atomic E-state index is 11.8. The minimum Gasteiger partial charge on any atom is -0.508 e. The van der Waals surface area contributed by atoms with E-state index in [4.69, 9.17) is 0 Å². The number of amides is 2. The van der Waals surface area contributed by atoms with Gasteiger partial charge in [-0.25, -0.2) is 0 Å². The van der Waals surface area contributed by atoms with E-state index in [1.165, 1.54) is 0 Å². The van der Waals surface area contributed by atoms with Crippen molar-refractivity contribution in [3.63, 3.8) is 0 Å². The summed E-state index contributed by atoms with van der Waals surface area (Å²) in [7, 11) is 0. The summed E-state index contributed by atoms with van der Waals surface area (Å²) < 4.78 is 0. The Hall–Kier alpha value is -2.04. The monoisotopic (exact) mass is 248 g/mol. The minimum atomic E-state index is -0.141. The number of carbonyl (C=O) groups excluding carboxylic acids is 2. The van der Waals surface area contributed by atoms with Crippen molar-refractivity contribution in [1.82, 2.24) is 10.6 Å². The summed E-state index contributed by atoms with van der Waals surface area (Å²) in [6.45, 7) is 0.478. The summed E-state index contributed by atoms with van der Waals surface area (Å²) in [5.41, 5.74) is 0.606. The first kappa shape index (κ1) is 12.4. The van der Waals surface area contributed by atoms with E-state index >= 15 is 0 Å². The van der Waals surface area contributed by atoms with Gasteiger partial charge in [-0.3, -0.25) is 9.59 Å². The second kappa shape index (κ2) is 5.53. The molecule has 1 aromatic rings. The molecule has 1 fully saturated rings. The zero-order valence-electron chi connectivity index (χ0n) is 9.98. The van der Waals surface area contributed by atoms with Crippen molar-refractivity contribution in [2.75, 3.05) is 6.54 Å². The van der Waals surface area contributed by atoms with Gasteiger partial charge in [0.15, 0.2) is 0 Å². The van der Waals surface area contributed by atoms with E-state index in [0.717, 1.165) is 0 Å². The fourth-order valence-electron chi connectivity index (χ4n) is 1.97. The lowest BCUT2D eigenvalue weighted by atomic mass is 10.1. The normalized spacial score (nSPS) is 19.1. The number of para-hydroxylation sites is 1. The molecule has 0 saturated carbocycles. The lowest BCUT2D eigenvalue weighted by Crippen LogP contribution is -2.48. The second-order valence-electron chi connectivity index (χ2n) is 4.41. The third kappa shape index (κ3) is 3.23. The molecule has 1 atom stereocenters. The van der Waals surface area contributed by atoms with E-state index in [1.807, 2.05) is 0 Å². The third-order valence-electron chi connectivity index (χ3n) is 2.97. The molecule has 96 valence electrons. The molecule has 0 aliphatic carbocycles. The number of phenolic OH excluding ortho intramolecular Hbond substituents is 1. The molecule has 0 radical (unpaired) electrons. The zero-order chi connectivity index (χ0) is 13.0. The predicted octanol–water partition coefficient (Wildman–Crippen LogP) is 0.329. The molecule has 2 rings (SSSR count). The van der Waals surface area contributed by atoms with Crippen LogP contribution in [0.2, 0.25) is 0 Å². The van der Waals surface area contributed by atoms with Crippen LogP contribution in [0.15, 0.2) is 24.3 Å². The van der Waals surface area contributed by atoms with Gasteiger partial charge < -0.3 is 15.7 Å². The first-order valence-corrected chi connectivity index (χ1v) is 5.98. The summed E-state index contributed by atoms with van der Waals surface area (Å²) in [6, 6.07) is 6.76. The fraction of sp³-hybridized carbons (Fsp3) is 0.385. The molecular weight excluding hydrogens is 232 g/mol. The maximum absolute atomic E-state index is 11.8. The van der Waals surface area contributed by atoms with E-state index in [-0.39, 0.29) is 30.0 Å². The number of aromatic hydroxyl groups is 1. The summed E-state index contributed by atoms with van der Waals surface area (Å²) in [5, 5.41) is 15.1. The van der Waals surface area contributed by atoms with Crippen LogP contribution in [0.25, 0.3) is 0 Å². The van der Waals surface area contributed by atoms with Crippen molar-refractivity contribution >= 4 is 11.8 Å². The highest BCUT2D eigenvalue weighted by Gasteiger charge is 2.19. The standard InChI is InChI=1S/C13H16N2O3/c16-11-4-2-1-3-9(11)7-13(18)15-10-5-6-12(17)14-8-10/h1-4,10,16H,5-8H2,(H,14,17)(H,15,18). The molecule has 5 nitrogen and oxygen atoms in total. The number of phenols is 1. The molecule has 0 spiro atoms. The van der Waals surface area contributed by atoms with Crippen molar-refractivity contribution in [1.29, 1.82) is 0 Å². The van der Waals surface area contributed by atoms with Crippen LogP contribution < -0.4 is 10.6 Å². The van der Waals surface area contributed by atoms with E-state index in [2.05, 4.69) is 10.6 Å². The number of rotatable bonds is 3. The molecule has 18 heavy (non-hydrogen) atoms. The predicted molar refractivity (Wildman–Crippen MR) is 66.0 cm³/mol. The Kier molecular flexibility index (Phi) is 3.82. The lowest BCUT2D eigenvalue weighted by Gasteiger charge is -2.23. The van der Waals surface area contributed by atoms with E-state index in [0.29, 0.717) is 24.9 Å². The smallest absolute Gasteiger partial charge is 0.224 e. The van der Waals surface area contributed by atoms with Crippen LogP contribution in [0.1, 0.15) is 18.4 Å². The first-order chi connectivity index (χ1) is 8.65. The van der Waals surface area contributed by atoms with Crippen LogP contribution in [-0.2, 0) is 16.0 Å². The molecule has 0 bridgehead atoms. The maximum Gasteiger partial charge on any atom is 0.224 e. The van der Waals surface area contributed by atoms with Gasteiger partial charge in [-0.15, -0.1) is 0 Å². The van der Waals surface area contributed by atoms with Gasteiger partial charge in [-0.2, -0.15) is 0 Å². The Balaban J connectivity index is 1.86. The quantitative estimate of drug-likeness (QED) is 0.721. The van der Waals surface area contributed by atoms with Crippen LogP contribution in [0.5, 0.6) is 5.75 Å². The van der Waals surface area contributed by atoms with Crippen molar-refractivity contribution < 1.29 is 14.7 Å². The van der Waals surface area contributed by atoms with Crippen molar-refractivity contribution in [2.24, 2.45) is 0 Å². The molecule has 0 aromatic heterocycles. The highest BCUT2D eigenvalue weighted by atomic mass is 16.3. The number of carbonyl (C=O) groups is 2. The van der Waals surface area contributed by atoms with E-state index in [1.54, 1.807) is 24.3 Å². The van der Waals surface area contributed by atoms with Crippen LogP contribution >= 0.6 is 0 Å². The molecule has 3 N–H and O–H groups in total. The van der Waals surface area contributed by atoms with Crippen molar-refractivity contribution in [2.45, 2.75) is 25.3 Å². The summed E-state index contributed by atoms with van der Waals surface area (Å²) >= 11 is 0. The Labute approximate surface area is 105 Å². The fourth-order valence-corrected chi connectivity index (χ4v) is 1.97. The second-order valence-corrected chi connectivity index (χ2v) is 4.41. The highest BCUT2D eigenvalue weighted by molar-refractivity contribution is 5.80. The van der Waals surface area contributed by atoms with Crippen molar-refractivity contribution in [3.05, 3.63) is 29.8 Å². The number of benzene rings is 1. The topological polar surface area (TPSA) is 78.4 Å². The van der Waals surface area contributed by atoms with Gasteiger partial charge in [-0.1, -0.05) is 18.2 Å². The van der Waals surface area contributed by atoms with Gasteiger partial charge in [0.05, 0.1) is 6.42 Å². The van der Waals surface area contributed by atoms with Gasteiger partial charge in [-0.05, 0) is 12.5 Å². The van der Waals surface area contributed by atoms with Crippen LogP contribution in [0.3, 0.4) is 0 Å². The van der Waals surface area contributed by atoms with Gasteiger partial charge in [0.1, 0.15) is 5.75 Å². The summed E-state index contributed by atoms with van der Waals surface area (Å²) in [6.07, 6.45) is 1.26. The molecule has 1 aliphatic heterocycles. The van der Waals surface area contributed by atoms with Gasteiger partial charge in [0.25, 0.3) is 0 Å². The van der Waals surface area contributed by atoms with Gasteiger partial charge >= 0.3 is 0 Å². The van der Waals surface area contributed by atoms with Gasteiger partial charge in [0.2, 0.25) is 11.8 Å². The van der Waals surface area contributed by atoms with E-state index in [9.17, 15) is 14.7 Å². The molecular formula is C13H16N2O3. The number of hydrogen-bond donors (Lipinski definition) is 3. The Bertz CT molecular complexity index is 449. The van der Waals surface area contributed by atoms with Crippen molar-refractivity contribution in [3.8, 4) is 5.75 Å². The molecule has 1 aliphatic rings. The first-order valence-electron chi connectivity index (χ1n) is 5.98. The molecule has 1 unspecified atom stereocenters. The molecule has 5 heteroatoms. The SMILES string of the molecule is O=C1CCC(NC(=O)Cc2ccccc2O)CN1. The molecule has 1 aromatic carbocycles. The van der Waals surface area contributed by atoms with E-state index < -0.39 is 0 Å². The highest BCUT2D eigenvalue weighted by Crippen LogP contribution is 2.16. The number of nitrogens with one attached hydrogen (secondary N) is 2. The largest absolute Gasteiger partial charge is 0.508 e. The van der Waals surface area contributed by atoms with Crippen LogP contribution in [-0.4, -0.2) is 29.5 Å². The average Bonchev–Trinajstić information content (AvgIpc) is 2.35. The molecule has 1 saturated heterocycles. The Morgan fingerprint density at radius 2 is 2.22 bits per heavy atom. The lowest BCUT2D eigenvalue weighted by molar-refractivity contribution is -0.125. The molecule has 1 heterocycles. The number of piperidine rings is 1. The Morgan fingerprint density at radius 3 is 2.89 bits per heavy atom. The van der Waals surface area contributed by atoms with Crippen LogP contribution in [0, 0.1) is 0 Å². The minimum absolute atomic E-state index is 0.0129. The zero-order valence-corrected chi connectivity index (χ0v) is 9.98. The summed E-state index contributed by atoms with van der Waals surface area (Å²) in [4.78, 5) is 22.8. The Morgan fingerprint density at radius 1 is 1.44 bits per heavy atom. The molecule has 2 amide bonds. The summed E-state index contributed by atoms with van der Waals surface area (Å²) in [5.74, 6) is 0.0171. The number of hydrogen-bond acceptors (Lipinski definition) is 3.